The van der Waals surface area contributed by atoms with Crippen LogP contribution in [0.25, 0.3) is 0 Å². The van der Waals surface area contributed by atoms with Crippen LogP contribution >= 0.6 is 0 Å². The Bertz CT molecular complexity index is 635. The highest BCUT2D eigenvalue weighted by molar-refractivity contribution is 5.87. The lowest BCUT2D eigenvalue weighted by Crippen LogP contribution is -2.13. The van der Waals surface area contributed by atoms with Gasteiger partial charge in [-0.2, -0.15) is 0 Å². The van der Waals surface area contributed by atoms with Gasteiger partial charge in [0.1, 0.15) is 24.7 Å². The van der Waals surface area contributed by atoms with Crippen LogP contribution in [0.4, 0.5) is 0 Å². The molecule has 2 aromatic rings. The third kappa shape index (κ3) is 6.57. The molecule has 0 unspecified atom stereocenters. The Kier molecular flexibility index (Phi) is 7.41. The highest BCUT2D eigenvalue weighted by atomic mass is 16.6. The summed E-state index contributed by atoms with van der Waals surface area (Å²) in [6.45, 7) is 2.81. The number of carbonyl (C=O) groups excluding carboxylic acids is 1. The minimum absolute atomic E-state index is 0.222. The molecular formula is C20H22O4. The molecule has 4 nitrogen and oxygen atoms in total. The average molecular weight is 326 g/mol. The van der Waals surface area contributed by atoms with Crippen LogP contribution in [0, 0.1) is 0 Å². The molecule has 2 aromatic carbocycles. The molecule has 0 aliphatic rings. The van der Waals surface area contributed by atoms with Crippen molar-refractivity contribution in [1.29, 1.82) is 0 Å². The summed E-state index contributed by atoms with van der Waals surface area (Å²) in [4.78, 5) is 11.8. The van der Waals surface area contributed by atoms with Crippen LogP contribution in [0.3, 0.4) is 0 Å². The summed E-state index contributed by atoms with van der Waals surface area (Å²) in [6.07, 6.45) is 2.47. The summed E-state index contributed by atoms with van der Waals surface area (Å²) in [7, 11) is 0. The third-order valence-corrected chi connectivity index (χ3v) is 3.23. The van der Waals surface area contributed by atoms with Gasteiger partial charge in [0.15, 0.2) is 0 Å². The van der Waals surface area contributed by atoms with Crippen molar-refractivity contribution in [2.45, 2.75) is 13.3 Å². The van der Waals surface area contributed by atoms with E-state index in [2.05, 4.69) is 0 Å². The molecule has 0 bridgehead atoms. The second-order valence-corrected chi connectivity index (χ2v) is 5.13. The maximum atomic E-state index is 11.8. The van der Waals surface area contributed by atoms with Gasteiger partial charge in [0.05, 0.1) is 6.61 Å². The van der Waals surface area contributed by atoms with Gasteiger partial charge >= 0.3 is 5.97 Å². The molecule has 0 aromatic heterocycles. The molecule has 0 N–H and O–H groups in total. The molecule has 2 rings (SSSR count). The Morgan fingerprint density at radius 3 is 1.96 bits per heavy atom. The van der Waals surface area contributed by atoms with E-state index in [0.717, 1.165) is 11.5 Å². The highest BCUT2D eigenvalue weighted by Crippen LogP contribution is 2.09. The Hall–Kier alpha value is -2.75. The van der Waals surface area contributed by atoms with E-state index >= 15 is 0 Å². The summed E-state index contributed by atoms with van der Waals surface area (Å²) >= 11 is 0. The lowest BCUT2D eigenvalue weighted by Gasteiger charge is -2.08. The van der Waals surface area contributed by atoms with Crippen molar-refractivity contribution >= 4 is 5.97 Å². The van der Waals surface area contributed by atoms with Crippen LogP contribution < -0.4 is 9.47 Å². The molecule has 24 heavy (non-hydrogen) atoms. The van der Waals surface area contributed by atoms with Gasteiger partial charge in [-0.15, -0.1) is 0 Å². The second-order valence-electron chi connectivity index (χ2n) is 5.13. The van der Waals surface area contributed by atoms with Gasteiger partial charge in [-0.05, 0) is 31.2 Å². The van der Waals surface area contributed by atoms with Gasteiger partial charge < -0.3 is 14.2 Å². The molecule has 0 heterocycles. The molecule has 0 radical (unpaired) electrons. The fourth-order valence-corrected chi connectivity index (χ4v) is 1.98. The molecule has 0 spiro atoms. The molecule has 0 saturated carbocycles. The minimum Gasteiger partial charge on any atom is -0.493 e. The van der Waals surface area contributed by atoms with Crippen LogP contribution in [0.2, 0.25) is 0 Å². The second kappa shape index (κ2) is 10.1. The van der Waals surface area contributed by atoms with Gasteiger partial charge in [-0.25, -0.2) is 4.79 Å². The first-order chi connectivity index (χ1) is 11.8. The summed E-state index contributed by atoms with van der Waals surface area (Å²) in [6, 6.07) is 19.0. The Morgan fingerprint density at radius 1 is 0.833 bits per heavy atom. The normalized spacial score (nSPS) is 11.0. The van der Waals surface area contributed by atoms with E-state index in [1.54, 1.807) is 6.92 Å². The fraction of sp³-hybridized carbons (Fsp3) is 0.250. The lowest BCUT2D eigenvalue weighted by atomic mass is 10.2. The van der Waals surface area contributed by atoms with E-state index < -0.39 is 0 Å². The SMILES string of the molecule is C/C(=C\CCOc1ccccc1)C(=O)OCCOc1ccccc1. The third-order valence-electron chi connectivity index (χ3n) is 3.23. The smallest absolute Gasteiger partial charge is 0.333 e. The summed E-state index contributed by atoms with van der Waals surface area (Å²) in [5.41, 5.74) is 0.575. The zero-order valence-electron chi connectivity index (χ0n) is 13.8. The number of para-hydroxylation sites is 2. The number of rotatable bonds is 9. The van der Waals surface area contributed by atoms with Crippen molar-refractivity contribution in [3.05, 3.63) is 72.3 Å². The molecule has 0 aliphatic carbocycles. The number of benzene rings is 2. The molecule has 0 saturated heterocycles. The monoisotopic (exact) mass is 326 g/mol. The van der Waals surface area contributed by atoms with E-state index in [1.165, 1.54) is 0 Å². The molecule has 4 heteroatoms. The van der Waals surface area contributed by atoms with E-state index in [4.69, 9.17) is 14.2 Å². The van der Waals surface area contributed by atoms with Crippen molar-refractivity contribution in [3.63, 3.8) is 0 Å². The Labute approximate surface area is 142 Å². The summed E-state index contributed by atoms with van der Waals surface area (Å²) in [5, 5.41) is 0. The largest absolute Gasteiger partial charge is 0.493 e. The standard InChI is InChI=1S/C20H22O4/c1-17(9-8-14-22-18-10-4-2-5-11-18)20(21)24-16-15-23-19-12-6-3-7-13-19/h2-7,9-13H,8,14-16H2,1H3/b17-9+. The predicted molar refractivity (Wildman–Crippen MR) is 93.2 cm³/mol. The zero-order valence-corrected chi connectivity index (χ0v) is 13.8. The Morgan fingerprint density at radius 2 is 1.38 bits per heavy atom. The first kappa shape index (κ1) is 17.6. The molecule has 0 fully saturated rings. The van der Waals surface area contributed by atoms with E-state index in [9.17, 15) is 4.79 Å². The predicted octanol–water partition coefficient (Wildman–Crippen LogP) is 4.02. The average Bonchev–Trinajstić information content (AvgIpc) is 2.63. The van der Waals surface area contributed by atoms with Crippen molar-refractivity contribution < 1.29 is 19.0 Å². The van der Waals surface area contributed by atoms with Crippen LogP contribution in [-0.2, 0) is 9.53 Å². The number of hydrogen-bond acceptors (Lipinski definition) is 4. The van der Waals surface area contributed by atoms with E-state index in [1.807, 2.05) is 66.7 Å². The van der Waals surface area contributed by atoms with E-state index in [0.29, 0.717) is 25.2 Å². The van der Waals surface area contributed by atoms with Crippen LogP contribution in [0.15, 0.2) is 72.3 Å². The van der Waals surface area contributed by atoms with Crippen LogP contribution in [-0.4, -0.2) is 25.8 Å². The van der Waals surface area contributed by atoms with Crippen molar-refractivity contribution in [3.8, 4) is 11.5 Å². The molecular weight excluding hydrogens is 304 g/mol. The van der Waals surface area contributed by atoms with Crippen LogP contribution in [0.5, 0.6) is 11.5 Å². The number of carbonyl (C=O) groups is 1. The van der Waals surface area contributed by atoms with Gasteiger partial charge in [-0.3, -0.25) is 0 Å². The zero-order chi connectivity index (χ0) is 17.0. The lowest BCUT2D eigenvalue weighted by molar-refractivity contribution is -0.139. The summed E-state index contributed by atoms with van der Waals surface area (Å²) < 4.78 is 16.2. The quantitative estimate of drug-likeness (QED) is 0.396. The fourth-order valence-electron chi connectivity index (χ4n) is 1.98. The molecule has 0 amide bonds. The maximum Gasteiger partial charge on any atom is 0.333 e. The van der Waals surface area contributed by atoms with Gasteiger partial charge in [0.2, 0.25) is 0 Å². The van der Waals surface area contributed by atoms with Crippen LogP contribution in [0.1, 0.15) is 13.3 Å². The molecule has 0 aliphatic heterocycles. The van der Waals surface area contributed by atoms with Crippen molar-refractivity contribution in [2.75, 3.05) is 19.8 Å². The Balaban J connectivity index is 1.60. The van der Waals surface area contributed by atoms with Gasteiger partial charge in [0.25, 0.3) is 0 Å². The maximum absolute atomic E-state index is 11.8. The molecule has 0 atom stereocenters. The van der Waals surface area contributed by atoms with Crippen molar-refractivity contribution in [1.82, 2.24) is 0 Å². The highest BCUT2D eigenvalue weighted by Gasteiger charge is 2.05. The first-order valence-electron chi connectivity index (χ1n) is 7.95. The van der Waals surface area contributed by atoms with Gasteiger partial charge in [-0.1, -0.05) is 42.5 Å². The number of hydrogen-bond donors (Lipinski definition) is 0. The number of esters is 1. The summed E-state index contributed by atoms with van der Waals surface area (Å²) in [5.74, 6) is 1.26. The van der Waals surface area contributed by atoms with Crippen molar-refractivity contribution in [2.24, 2.45) is 0 Å². The topological polar surface area (TPSA) is 44.8 Å². The molecule has 126 valence electrons. The number of ether oxygens (including phenoxy) is 3. The van der Waals surface area contributed by atoms with E-state index in [-0.39, 0.29) is 12.6 Å². The van der Waals surface area contributed by atoms with Gasteiger partial charge in [0, 0.05) is 12.0 Å². The minimum atomic E-state index is -0.327. The first-order valence-corrected chi connectivity index (χ1v) is 7.95.